The molecule has 1 N–H and O–H groups in total. The monoisotopic (exact) mass is 253 g/mol. The van der Waals surface area contributed by atoms with Gasteiger partial charge >= 0.3 is 0 Å². The molecule has 0 radical (unpaired) electrons. The third-order valence-corrected chi connectivity index (χ3v) is 3.64. The van der Waals surface area contributed by atoms with Crippen LogP contribution in [0.25, 0.3) is 0 Å². The predicted molar refractivity (Wildman–Crippen MR) is 76.3 cm³/mol. The largest absolute Gasteiger partial charge is 0.316 e. The number of aromatic nitrogens is 2. The van der Waals surface area contributed by atoms with Gasteiger partial charge in [-0.2, -0.15) is 0 Å². The van der Waals surface area contributed by atoms with E-state index < -0.39 is 0 Å². The molecule has 3 nitrogen and oxygen atoms in total. The van der Waals surface area contributed by atoms with Gasteiger partial charge in [-0.15, -0.1) is 0 Å². The van der Waals surface area contributed by atoms with Gasteiger partial charge in [0.15, 0.2) is 0 Å². The van der Waals surface area contributed by atoms with E-state index in [4.69, 9.17) is 4.98 Å². The Balaban J connectivity index is 1.91. The van der Waals surface area contributed by atoms with Crippen molar-refractivity contribution in [2.75, 3.05) is 13.1 Å². The maximum atomic E-state index is 4.78. The number of benzene rings is 1. The van der Waals surface area contributed by atoms with Gasteiger partial charge in [0.05, 0.1) is 0 Å². The maximum absolute atomic E-state index is 4.78. The second-order valence-corrected chi connectivity index (χ2v) is 5.06. The fourth-order valence-corrected chi connectivity index (χ4v) is 2.65. The summed E-state index contributed by atoms with van der Waals surface area (Å²) >= 11 is 0. The number of nitrogens with zero attached hydrogens (tertiary/aromatic N) is 2. The molecule has 0 saturated heterocycles. The molecule has 98 valence electrons. The lowest BCUT2D eigenvalue weighted by Gasteiger charge is -2.10. The van der Waals surface area contributed by atoms with Crippen LogP contribution in [0.2, 0.25) is 0 Å². The Bertz CT molecular complexity index is 564. The SMILES string of the molecule is Cc1nc(Cc2ccccc2)nc2c1CCNCC2. The standard InChI is InChI=1S/C16H19N3/c1-12-14-7-9-17-10-8-15(14)19-16(18-12)11-13-5-3-2-4-6-13/h2-6,17H,7-11H2,1H3. The average Bonchev–Trinajstić information content (AvgIpc) is 2.65. The summed E-state index contributed by atoms with van der Waals surface area (Å²) in [6.07, 6.45) is 2.88. The molecule has 0 bridgehead atoms. The fourth-order valence-electron chi connectivity index (χ4n) is 2.65. The van der Waals surface area contributed by atoms with Gasteiger partial charge in [0, 0.05) is 30.8 Å². The molecule has 3 heteroatoms. The summed E-state index contributed by atoms with van der Waals surface area (Å²) in [6.45, 7) is 4.17. The molecule has 0 saturated carbocycles. The Morgan fingerprint density at radius 2 is 1.84 bits per heavy atom. The Morgan fingerprint density at radius 3 is 2.68 bits per heavy atom. The Morgan fingerprint density at radius 1 is 1.05 bits per heavy atom. The first-order valence-corrected chi connectivity index (χ1v) is 6.93. The van der Waals surface area contributed by atoms with E-state index in [1.807, 2.05) is 6.07 Å². The zero-order chi connectivity index (χ0) is 13.1. The molecule has 0 fully saturated rings. The summed E-state index contributed by atoms with van der Waals surface area (Å²) in [5.74, 6) is 0.948. The highest BCUT2D eigenvalue weighted by Gasteiger charge is 2.14. The van der Waals surface area contributed by atoms with Gasteiger partial charge in [0.2, 0.25) is 0 Å². The van der Waals surface area contributed by atoms with Crippen molar-refractivity contribution in [1.82, 2.24) is 15.3 Å². The molecule has 0 spiro atoms. The van der Waals surface area contributed by atoms with E-state index in [0.717, 1.165) is 43.9 Å². The van der Waals surface area contributed by atoms with Crippen molar-refractivity contribution in [1.29, 1.82) is 0 Å². The van der Waals surface area contributed by atoms with Crippen LogP contribution in [0.1, 0.15) is 28.3 Å². The number of hydrogen-bond acceptors (Lipinski definition) is 3. The summed E-state index contributed by atoms with van der Waals surface area (Å²) < 4.78 is 0. The number of rotatable bonds is 2. The molecule has 0 unspecified atom stereocenters. The Kier molecular flexibility index (Phi) is 3.56. The van der Waals surface area contributed by atoms with Crippen molar-refractivity contribution >= 4 is 0 Å². The second kappa shape index (κ2) is 5.49. The fraction of sp³-hybridized carbons (Fsp3) is 0.375. The normalized spacial score (nSPS) is 14.8. The number of aryl methyl sites for hydroxylation is 1. The molecule has 1 aromatic heterocycles. The number of nitrogens with one attached hydrogen (secondary N) is 1. The summed E-state index contributed by atoms with van der Waals surface area (Å²) in [7, 11) is 0. The quantitative estimate of drug-likeness (QED) is 0.890. The Labute approximate surface area is 114 Å². The van der Waals surface area contributed by atoms with Crippen molar-refractivity contribution in [2.24, 2.45) is 0 Å². The Hall–Kier alpha value is -1.74. The lowest BCUT2D eigenvalue weighted by molar-refractivity contribution is 0.707. The maximum Gasteiger partial charge on any atom is 0.133 e. The van der Waals surface area contributed by atoms with Crippen LogP contribution < -0.4 is 5.32 Å². The average molecular weight is 253 g/mol. The van der Waals surface area contributed by atoms with E-state index in [9.17, 15) is 0 Å². The third-order valence-electron chi connectivity index (χ3n) is 3.64. The zero-order valence-corrected chi connectivity index (χ0v) is 11.3. The van der Waals surface area contributed by atoms with Crippen LogP contribution in [0, 0.1) is 6.92 Å². The first-order chi connectivity index (χ1) is 9.33. The van der Waals surface area contributed by atoms with Crippen LogP contribution in [0.5, 0.6) is 0 Å². The topological polar surface area (TPSA) is 37.8 Å². The van der Waals surface area contributed by atoms with Crippen molar-refractivity contribution < 1.29 is 0 Å². The summed E-state index contributed by atoms with van der Waals surface area (Å²) in [4.78, 5) is 9.46. The number of hydrogen-bond donors (Lipinski definition) is 1. The van der Waals surface area contributed by atoms with Crippen LogP contribution in [0.3, 0.4) is 0 Å². The molecule has 19 heavy (non-hydrogen) atoms. The molecule has 2 heterocycles. The minimum absolute atomic E-state index is 0.822. The van der Waals surface area contributed by atoms with Crippen molar-refractivity contribution in [2.45, 2.75) is 26.2 Å². The van der Waals surface area contributed by atoms with Gasteiger partial charge in [-0.05, 0) is 31.0 Å². The number of fused-ring (bicyclic) bond motifs is 1. The van der Waals surface area contributed by atoms with Crippen LogP contribution in [0.4, 0.5) is 0 Å². The van der Waals surface area contributed by atoms with Gasteiger partial charge in [-0.3, -0.25) is 0 Å². The van der Waals surface area contributed by atoms with E-state index in [1.54, 1.807) is 0 Å². The summed E-state index contributed by atoms with van der Waals surface area (Å²) in [6, 6.07) is 10.4. The third kappa shape index (κ3) is 2.82. The second-order valence-electron chi connectivity index (χ2n) is 5.06. The highest BCUT2D eigenvalue weighted by Crippen LogP contribution is 2.16. The summed E-state index contributed by atoms with van der Waals surface area (Å²) in [5.41, 5.74) is 5.01. The van der Waals surface area contributed by atoms with Crippen molar-refractivity contribution in [3.8, 4) is 0 Å². The van der Waals surface area contributed by atoms with E-state index in [0.29, 0.717) is 0 Å². The molecular weight excluding hydrogens is 234 g/mol. The van der Waals surface area contributed by atoms with E-state index in [2.05, 4.69) is 41.5 Å². The van der Waals surface area contributed by atoms with Crippen molar-refractivity contribution in [3.05, 3.63) is 58.7 Å². The highest BCUT2D eigenvalue weighted by atomic mass is 14.9. The smallest absolute Gasteiger partial charge is 0.133 e. The van der Waals surface area contributed by atoms with Crippen LogP contribution in [0.15, 0.2) is 30.3 Å². The lowest BCUT2D eigenvalue weighted by atomic mass is 10.1. The van der Waals surface area contributed by atoms with Crippen LogP contribution in [-0.4, -0.2) is 23.1 Å². The summed E-state index contributed by atoms with van der Waals surface area (Å²) in [5, 5.41) is 3.42. The zero-order valence-electron chi connectivity index (χ0n) is 11.3. The molecule has 3 rings (SSSR count). The van der Waals surface area contributed by atoms with Gasteiger partial charge in [0.1, 0.15) is 5.82 Å². The van der Waals surface area contributed by atoms with E-state index in [1.165, 1.54) is 16.8 Å². The molecule has 0 atom stereocenters. The molecular formula is C16H19N3. The highest BCUT2D eigenvalue weighted by molar-refractivity contribution is 5.28. The minimum Gasteiger partial charge on any atom is -0.316 e. The molecule has 1 aromatic carbocycles. The van der Waals surface area contributed by atoms with Crippen LogP contribution in [-0.2, 0) is 19.3 Å². The predicted octanol–water partition coefficient (Wildman–Crippen LogP) is 2.06. The van der Waals surface area contributed by atoms with E-state index in [-0.39, 0.29) is 0 Å². The first-order valence-electron chi connectivity index (χ1n) is 6.93. The molecule has 1 aliphatic heterocycles. The molecule has 1 aliphatic rings. The van der Waals surface area contributed by atoms with Gasteiger partial charge in [-0.25, -0.2) is 9.97 Å². The minimum atomic E-state index is 0.822. The first kappa shape index (κ1) is 12.3. The lowest BCUT2D eigenvalue weighted by Crippen LogP contribution is -2.16. The molecule has 0 amide bonds. The molecule has 0 aliphatic carbocycles. The van der Waals surface area contributed by atoms with Crippen molar-refractivity contribution in [3.63, 3.8) is 0 Å². The molecule has 2 aromatic rings. The van der Waals surface area contributed by atoms with Crippen LogP contribution >= 0.6 is 0 Å². The van der Waals surface area contributed by atoms with Gasteiger partial charge in [-0.1, -0.05) is 30.3 Å². The van der Waals surface area contributed by atoms with E-state index >= 15 is 0 Å². The van der Waals surface area contributed by atoms with Gasteiger partial charge < -0.3 is 5.32 Å². The van der Waals surface area contributed by atoms with Gasteiger partial charge in [0.25, 0.3) is 0 Å².